The zero-order valence-corrected chi connectivity index (χ0v) is 19.4. The van der Waals surface area contributed by atoms with Crippen molar-refractivity contribution >= 4 is 27.6 Å². The molecule has 2 aromatic heterocycles. The van der Waals surface area contributed by atoms with Crippen LogP contribution in [-0.2, 0) is 10.0 Å². The summed E-state index contributed by atoms with van der Waals surface area (Å²) in [4.78, 5) is 32.9. The van der Waals surface area contributed by atoms with E-state index in [1.165, 1.54) is 30.5 Å². The van der Waals surface area contributed by atoms with Crippen molar-refractivity contribution in [1.29, 1.82) is 0 Å². The summed E-state index contributed by atoms with van der Waals surface area (Å²) in [6, 6.07) is 14.8. The van der Waals surface area contributed by atoms with E-state index in [4.69, 9.17) is 0 Å². The molecular weight excluding hydrogens is 472 g/mol. The second kappa shape index (κ2) is 9.35. The third-order valence-corrected chi connectivity index (χ3v) is 6.16. The van der Waals surface area contributed by atoms with Gasteiger partial charge in [-0.1, -0.05) is 12.1 Å². The Labute approximate surface area is 200 Å². The zero-order valence-electron chi connectivity index (χ0n) is 18.6. The standard InChI is InChI=1S/C23H20N6O5S/c1-14-4-3-5-17(12-14)29-20(31)13-19(30)21(27-29)22(32)26-16-6-8-18(9-7-16)35(33,34)28-23-24-11-10-15(2)25-23/h3-13,30H,1-2H3,(H,26,32)(H,24,25,28). The van der Waals surface area contributed by atoms with Crippen LogP contribution in [0.3, 0.4) is 0 Å². The van der Waals surface area contributed by atoms with Crippen LogP contribution in [0.15, 0.2) is 76.6 Å². The van der Waals surface area contributed by atoms with Crippen LogP contribution in [0.25, 0.3) is 5.69 Å². The van der Waals surface area contributed by atoms with Crippen LogP contribution in [0.2, 0.25) is 0 Å². The Morgan fingerprint density at radius 2 is 1.77 bits per heavy atom. The first-order chi connectivity index (χ1) is 16.6. The first-order valence-corrected chi connectivity index (χ1v) is 11.7. The lowest BCUT2D eigenvalue weighted by Gasteiger charge is -2.11. The quantitative estimate of drug-likeness (QED) is 0.370. The van der Waals surface area contributed by atoms with E-state index in [0.29, 0.717) is 11.4 Å². The van der Waals surface area contributed by atoms with Gasteiger partial charge >= 0.3 is 0 Å². The second-order valence-corrected chi connectivity index (χ2v) is 9.26. The van der Waals surface area contributed by atoms with Crippen LogP contribution in [0.4, 0.5) is 11.6 Å². The van der Waals surface area contributed by atoms with Crippen LogP contribution in [0, 0.1) is 13.8 Å². The Balaban J connectivity index is 1.55. The van der Waals surface area contributed by atoms with E-state index >= 15 is 0 Å². The number of hydrogen-bond donors (Lipinski definition) is 3. The summed E-state index contributed by atoms with van der Waals surface area (Å²) in [6.07, 6.45) is 1.43. The van der Waals surface area contributed by atoms with E-state index in [9.17, 15) is 23.1 Å². The first-order valence-electron chi connectivity index (χ1n) is 10.3. The fourth-order valence-electron chi connectivity index (χ4n) is 3.14. The Morgan fingerprint density at radius 1 is 1.03 bits per heavy atom. The molecule has 3 N–H and O–H groups in total. The lowest BCUT2D eigenvalue weighted by molar-refractivity contribution is 0.101. The summed E-state index contributed by atoms with van der Waals surface area (Å²) in [6.45, 7) is 3.55. The maximum Gasteiger partial charge on any atom is 0.279 e. The van der Waals surface area contributed by atoms with Gasteiger partial charge in [0.1, 0.15) is 0 Å². The molecule has 0 unspecified atom stereocenters. The molecule has 0 saturated heterocycles. The zero-order chi connectivity index (χ0) is 25.2. The minimum absolute atomic E-state index is 0.0623. The van der Waals surface area contributed by atoms with Crippen molar-refractivity contribution in [2.24, 2.45) is 0 Å². The molecule has 0 aliphatic rings. The molecule has 0 aliphatic carbocycles. The molecule has 35 heavy (non-hydrogen) atoms. The fraction of sp³-hybridized carbons (Fsp3) is 0.0870. The van der Waals surface area contributed by atoms with E-state index < -0.39 is 27.2 Å². The lowest BCUT2D eigenvalue weighted by atomic mass is 10.2. The van der Waals surface area contributed by atoms with E-state index in [2.05, 4.69) is 25.1 Å². The normalized spacial score (nSPS) is 11.1. The van der Waals surface area contributed by atoms with Gasteiger partial charge in [-0.3, -0.25) is 9.59 Å². The van der Waals surface area contributed by atoms with Gasteiger partial charge < -0.3 is 10.4 Å². The van der Waals surface area contributed by atoms with E-state index in [1.54, 1.807) is 31.2 Å². The van der Waals surface area contributed by atoms with E-state index in [1.807, 2.05) is 13.0 Å². The number of nitrogens with one attached hydrogen (secondary N) is 2. The number of amides is 1. The Hall–Kier alpha value is -4.58. The number of sulfonamides is 1. The molecule has 0 aliphatic heterocycles. The highest BCUT2D eigenvalue weighted by Crippen LogP contribution is 2.19. The molecule has 2 heterocycles. The Kier molecular flexibility index (Phi) is 6.30. The second-order valence-electron chi connectivity index (χ2n) is 7.57. The third-order valence-electron chi connectivity index (χ3n) is 4.82. The summed E-state index contributed by atoms with van der Waals surface area (Å²) in [5.74, 6) is -1.43. The average molecular weight is 493 g/mol. The van der Waals surface area contributed by atoms with Gasteiger partial charge in [-0.05, 0) is 61.9 Å². The minimum atomic E-state index is -3.96. The van der Waals surface area contributed by atoms with Crippen LogP contribution in [0.1, 0.15) is 21.7 Å². The van der Waals surface area contributed by atoms with Gasteiger partial charge in [0, 0.05) is 23.6 Å². The van der Waals surface area contributed by atoms with Crippen molar-refractivity contribution in [1.82, 2.24) is 19.7 Å². The molecule has 0 radical (unpaired) electrons. The number of aryl methyl sites for hydroxylation is 2. The SMILES string of the molecule is Cc1cccc(-n2nc(C(=O)Nc3ccc(S(=O)(=O)Nc4nccc(C)n4)cc3)c(O)cc2=O)c1. The van der Waals surface area contributed by atoms with Crippen LogP contribution < -0.4 is 15.6 Å². The number of nitrogens with zero attached hydrogens (tertiary/aromatic N) is 4. The molecule has 0 saturated carbocycles. The van der Waals surface area contributed by atoms with E-state index in [0.717, 1.165) is 16.3 Å². The van der Waals surface area contributed by atoms with Crippen molar-refractivity contribution < 1.29 is 18.3 Å². The van der Waals surface area contributed by atoms with Gasteiger partial charge in [0.15, 0.2) is 11.4 Å². The van der Waals surface area contributed by atoms with Crippen LogP contribution >= 0.6 is 0 Å². The van der Waals surface area contributed by atoms with Crippen molar-refractivity contribution in [2.45, 2.75) is 18.7 Å². The molecule has 11 nitrogen and oxygen atoms in total. The van der Waals surface area contributed by atoms with E-state index in [-0.39, 0.29) is 22.2 Å². The molecule has 4 rings (SSSR count). The van der Waals surface area contributed by atoms with Crippen LogP contribution in [0.5, 0.6) is 5.75 Å². The fourth-order valence-corrected chi connectivity index (χ4v) is 4.09. The predicted molar refractivity (Wildman–Crippen MR) is 128 cm³/mol. The highest BCUT2D eigenvalue weighted by molar-refractivity contribution is 7.92. The molecule has 1 amide bonds. The summed E-state index contributed by atoms with van der Waals surface area (Å²) in [7, 11) is -3.96. The largest absolute Gasteiger partial charge is 0.505 e. The Morgan fingerprint density at radius 3 is 2.46 bits per heavy atom. The maximum absolute atomic E-state index is 12.8. The summed E-state index contributed by atoms with van der Waals surface area (Å²) in [5.41, 5.74) is 1.18. The van der Waals surface area contributed by atoms with Gasteiger partial charge in [-0.25, -0.2) is 23.1 Å². The highest BCUT2D eigenvalue weighted by atomic mass is 32.2. The maximum atomic E-state index is 12.8. The number of hydrogen-bond acceptors (Lipinski definition) is 8. The number of carbonyl (C=O) groups is 1. The number of anilines is 2. The topological polar surface area (TPSA) is 156 Å². The molecule has 4 aromatic rings. The number of aromatic hydroxyl groups is 1. The monoisotopic (exact) mass is 492 g/mol. The Bertz CT molecular complexity index is 1580. The highest BCUT2D eigenvalue weighted by Gasteiger charge is 2.19. The van der Waals surface area contributed by atoms with Gasteiger partial charge in [0.05, 0.1) is 10.6 Å². The lowest BCUT2D eigenvalue weighted by Crippen LogP contribution is -2.25. The van der Waals surface area contributed by atoms with Crippen molar-refractivity contribution in [3.8, 4) is 11.4 Å². The third kappa shape index (κ3) is 5.33. The first kappa shape index (κ1) is 23.6. The molecule has 0 bridgehead atoms. The average Bonchev–Trinajstić information content (AvgIpc) is 2.79. The van der Waals surface area contributed by atoms with Gasteiger partial charge in [-0.15, -0.1) is 0 Å². The molecular formula is C23H20N6O5S. The number of rotatable bonds is 6. The predicted octanol–water partition coefficient (Wildman–Crippen LogP) is 2.40. The summed E-state index contributed by atoms with van der Waals surface area (Å²) < 4.78 is 28.5. The van der Waals surface area contributed by atoms with Crippen molar-refractivity contribution in [3.05, 3.63) is 94.2 Å². The van der Waals surface area contributed by atoms with Crippen LogP contribution in [-0.4, -0.2) is 39.2 Å². The van der Waals surface area contributed by atoms with Gasteiger partial charge in [-0.2, -0.15) is 9.78 Å². The van der Waals surface area contributed by atoms with Gasteiger partial charge in [0.2, 0.25) is 5.95 Å². The number of aromatic nitrogens is 4. The minimum Gasteiger partial charge on any atom is -0.505 e. The molecule has 0 atom stereocenters. The molecule has 0 fully saturated rings. The molecule has 0 spiro atoms. The molecule has 2 aromatic carbocycles. The molecule has 12 heteroatoms. The number of benzene rings is 2. The number of carbonyl (C=O) groups excluding carboxylic acids is 1. The molecule has 178 valence electrons. The smallest absolute Gasteiger partial charge is 0.279 e. The van der Waals surface area contributed by atoms with Crippen molar-refractivity contribution in [2.75, 3.05) is 10.0 Å². The summed E-state index contributed by atoms with van der Waals surface area (Å²) in [5, 5.41) is 16.7. The summed E-state index contributed by atoms with van der Waals surface area (Å²) >= 11 is 0. The van der Waals surface area contributed by atoms with Gasteiger partial charge in [0.25, 0.3) is 21.5 Å². The van der Waals surface area contributed by atoms with Crippen molar-refractivity contribution in [3.63, 3.8) is 0 Å².